The van der Waals surface area contributed by atoms with E-state index in [1.807, 2.05) is 0 Å². The van der Waals surface area contributed by atoms with Gasteiger partial charge in [-0.15, -0.1) is 0 Å². The van der Waals surface area contributed by atoms with Gasteiger partial charge in [-0.3, -0.25) is 9.59 Å². The molecule has 0 unspecified atom stereocenters. The fourth-order valence-corrected chi connectivity index (χ4v) is 7.44. The minimum absolute atomic E-state index is 0.204. The van der Waals surface area contributed by atoms with Crippen LogP contribution >= 0.6 is 0 Å². The third-order valence-corrected chi connectivity index (χ3v) is 7.66. The molecule has 2 amide bonds. The Bertz CT molecular complexity index is 542. The van der Waals surface area contributed by atoms with Crippen LogP contribution in [0.2, 0.25) is 0 Å². The second-order valence-corrected chi connectivity index (χ2v) is 11.3. The minimum atomic E-state index is -0.312. The fraction of sp³-hybridized carbons (Fsp3) is 0.917. The number of carbonyl (C=O) groups is 2. The lowest BCUT2D eigenvalue weighted by molar-refractivity contribution is -0.183. The van der Waals surface area contributed by atoms with E-state index < -0.39 is 0 Å². The van der Waals surface area contributed by atoms with Gasteiger partial charge in [-0.05, 0) is 106 Å². The van der Waals surface area contributed by atoms with Crippen molar-refractivity contribution >= 4 is 11.8 Å². The zero-order valence-corrected chi connectivity index (χ0v) is 19.4. The predicted octanol–water partition coefficient (Wildman–Crippen LogP) is 4.86. The van der Waals surface area contributed by atoms with Crippen LogP contribution in [0.25, 0.3) is 0 Å². The summed E-state index contributed by atoms with van der Waals surface area (Å²) >= 11 is 0. The first-order valence-electron chi connectivity index (χ1n) is 11.6. The summed E-state index contributed by atoms with van der Waals surface area (Å²) in [4.78, 5) is 31.9. The molecule has 4 aliphatic carbocycles. The number of hydrogen-bond donors (Lipinski definition) is 0. The minimum Gasteiger partial charge on any atom is -0.337 e. The van der Waals surface area contributed by atoms with Crippen LogP contribution in [0, 0.1) is 22.7 Å². The molecule has 4 bridgehead atoms. The molecule has 4 fully saturated rings. The van der Waals surface area contributed by atoms with Gasteiger partial charge in [0, 0.05) is 24.2 Å². The lowest BCUT2D eigenvalue weighted by Gasteiger charge is -2.62. The summed E-state index contributed by atoms with van der Waals surface area (Å²) in [7, 11) is 0. The molecular formula is C24H42N2O2. The molecule has 4 heteroatoms. The first-order valence-corrected chi connectivity index (χ1v) is 11.6. The van der Waals surface area contributed by atoms with Gasteiger partial charge in [0.05, 0.1) is 10.8 Å². The van der Waals surface area contributed by atoms with Crippen LogP contribution in [-0.4, -0.2) is 45.8 Å². The van der Waals surface area contributed by atoms with Crippen molar-refractivity contribution in [2.45, 2.75) is 118 Å². The Balaban J connectivity index is 1.97. The van der Waals surface area contributed by atoms with Crippen LogP contribution in [0.15, 0.2) is 0 Å². The highest BCUT2D eigenvalue weighted by Gasteiger charge is 2.64. The summed E-state index contributed by atoms with van der Waals surface area (Å²) in [5, 5.41) is 0. The second-order valence-electron chi connectivity index (χ2n) is 11.3. The van der Waals surface area contributed by atoms with Crippen LogP contribution in [0.1, 0.15) is 93.9 Å². The summed E-state index contributed by atoms with van der Waals surface area (Å²) in [6.45, 7) is 17.0. The van der Waals surface area contributed by atoms with Crippen molar-refractivity contribution in [3.8, 4) is 0 Å². The Morgan fingerprint density at radius 2 is 0.929 bits per heavy atom. The standard InChI is InChI=1S/C24H42N2O2/c1-15(2)25(16(3)4)21(27)23-10-19-9-20(11-23)13-24(12-19,14-23)22(28)26(17(5)6)18(7)8/h15-20H,9-14H2,1-8H3. The molecule has 4 rings (SSSR count). The van der Waals surface area contributed by atoms with Gasteiger partial charge in [0.25, 0.3) is 0 Å². The molecule has 0 aromatic carbocycles. The van der Waals surface area contributed by atoms with Crippen molar-refractivity contribution < 1.29 is 9.59 Å². The number of hydrogen-bond acceptors (Lipinski definition) is 2. The molecule has 0 saturated heterocycles. The monoisotopic (exact) mass is 390 g/mol. The first kappa shape index (κ1) is 21.6. The van der Waals surface area contributed by atoms with Crippen LogP contribution in [0.4, 0.5) is 0 Å². The summed E-state index contributed by atoms with van der Waals surface area (Å²) in [6.07, 6.45) is 5.98. The van der Waals surface area contributed by atoms with Crippen molar-refractivity contribution in [3.05, 3.63) is 0 Å². The molecule has 4 nitrogen and oxygen atoms in total. The molecule has 28 heavy (non-hydrogen) atoms. The Hall–Kier alpha value is -1.06. The molecule has 0 aromatic heterocycles. The van der Waals surface area contributed by atoms with E-state index in [1.165, 1.54) is 6.42 Å². The highest BCUT2D eigenvalue weighted by atomic mass is 16.2. The van der Waals surface area contributed by atoms with E-state index in [0.29, 0.717) is 23.7 Å². The predicted molar refractivity (Wildman–Crippen MR) is 114 cm³/mol. The van der Waals surface area contributed by atoms with Gasteiger partial charge < -0.3 is 9.80 Å². The van der Waals surface area contributed by atoms with Crippen molar-refractivity contribution in [1.82, 2.24) is 9.80 Å². The molecule has 0 aliphatic heterocycles. The van der Waals surface area contributed by atoms with E-state index in [2.05, 4.69) is 65.2 Å². The smallest absolute Gasteiger partial charge is 0.229 e. The molecule has 0 heterocycles. The van der Waals surface area contributed by atoms with Gasteiger partial charge >= 0.3 is 0 Å². The van der Waals surface area contributed by atoms with E-state index in [4.69, 9.17) is 0 Å². The topological polar surface area (TPSA) is 40.6 Å². The van der Waals surface area contributed by atoms with Crippen LogP contribution in [0.5, 0.6) is 0 Å². The molecule has 0 atom stereocenters. The Morgan fingerprint density at radius 1 is 0.643 bits per heavy atom. The molecule has 0 spiro atoms. The van der Waals surface area contributed by atoms with Gasteiger partial charge in [-0.25, -0.2) is 0 Å². The van der Waals surface area contributed by atoms with E-state index in [-0.39, 0.29) is 35.0 Å². The number of nitrogens with zero attached hydrogens (tertiary/aromatic N) is 2. The van der Waals surface area contributed by atoms with Crippen LogP contribution < -0.4 is 0 Å². The quantitative estimate of drug-likeness (QED) is 0.649. The average Bonchev–Trinajstić information content (AvgIpc) is 2.52. The molecular weight excluding hydrogens is 348 g/mol. The van der Waals surface area contributed by atoms with Crippen molar-refractivity contribution in [2.24, 2.45) is 22.7 Å². The van der Waals surface area contributed by atoms with Crippen LogP contribution in [0.3, 0.4) is 0 Å². The second kappa shape index (κ2) is 7.32. The zero-order chi connectivity index (χ0) is 21.0. The third-order valence-electron chi connectivity index (χ3n) is 7.66. The maximum atomic E-state index is 13.9. The zero-order valence-electron chi connectivity index (χ0n) is 19.4. The summed E-state index contributed by atoms with van der Waals surface area (Å²) in [5.74, 6) is 1.72. The van der Waals surface area contributed by atoms with Crippen molar-refractivity contribution in [1.29, 1.82) is 0 Å². The van der Waals surface area contributed by atoms with Crippen molar-refractivity contribution in [3.63, 3.8) is 0 Å². The highest BCUT2D eigenvalue weighted by Crippen LogP contribution is 2.66. The average molecular weight is 391 g/mol. The molecule has 4 saturated carbocycles. The van der Waals surface area contributed by atoms with Gasteiger partial charge in [0.15, 0.2) is 0 Å². The summed E-state index contributed by atoms with van der Waals surface area (Å²) < 4.78 is 0. The molecule has 0 radical (unpaired) electrons. The third kappa shape index (κ3) is 3.39. The summed E-state index contributed by atoms with van der Waals surface area (Å²) in [5.41, 5.74) is -0.623. The van der Waals surface area contributed by atoms with Crippen LogP contribution in [-0.2, 0) is 9.59 Å². The van der Waals surface area contributed by atoms with E-state index >= 15 is 0 Å². The molecule has 4 aliphatic rings. The van der Waals surface area contributed by atoms with E-state index in [9.17, 15) is 9.59 Å². The Labute approximate surface area is 172 Å². The lowest BCUT2D eigenvalue weighted by atomic mass is 9.43. The van der Waals surface area contributed by atoms with Gasteiger partial charge in [-0.1, -0.05) is 0 Å². The highest BCUT2D eigenvalue weighted by molar-refractivity contribution is 5.88. The van der Waals surface area contributed by atoms with Gasteiger partial charge in [0.2, 0.25) is 11.8 Å². The summed E-state index contributed by atoms with van der Waals surface area (Å²) in [6, 6.07) is 0.815. The van der Waals surface area contributed by atoms with E-state index in [0.717, 1.165) is 32.1 Å². The SMILES string of the molecule is CC(C)N(C(=O)C12CC3CC(C1)CC(C(=O)N(C(C)C)C(C)C)(C3)C2)C(C)C. The van der Waals surface area contributed by atoms with Gasteiger partial charge in [0.1, 0.15) is 0 Å². The number of rotatable bonds is 6. The maximum absolute atomic E-state index is 13.9. The fourth-order valence-electron chi connectivity index (χ4n) is 7.44. The Kier molecular flexibility index (Phi) is 5.66. The molecule has 160 valence electrons. The Morgan fingerprint density at radius 3 is 1.18 bits per heavy atom. The molecule has 0 aromatic rings. The van der Waals surface area contributed by atoms with Gasteiger partial charge in [-0.2, -0.15) is 0 Å². The van der Waals surface area contributed by atoms with E-state index in [1.54, 1.807) is 0 Å². The van der Waals surface area contributed by atoms with Crippen molar-refractivity contribution in [2.75, 3.05) is 0 Å². The number of amides is 2. The normalized spacial score (nSPS) is 34.0. The molecule has 0 N–H and O–H groups in total. The largest absolute Gasteiger partial charge is 0.337 e. The number of carbonyl (C=O) groups excluding carboxylic acids is 2. The lowest BCUT2D eigenvalue weighted by Crippen LogP contribution is -2.64. The first-order chi connectivity index (χ1) is 12.9. The maximum Gasteiger partial charge on any atom is 0.229 e.